The van der Waals surface area contributed by atoms with Crippen molar-refractivity contribution in [2.45, 2.75) is 25.8 Å². The van der Waals surface area contributed by atoms with Gasteiger partial charge in [0.05, 0.1) is 12.0 Å². The molecule has 0 spiro atoms. The Morgan fingerprint density at radius 3 is 2.29 bits per heavy atom. The number of aliphatic carboxylic acids is 1. The lowest BCUT2D eigenvalue weighted by Gasteiger charge is -2.18. The fourth-order valence-electron chi connectivity index (χ4n) is 4.23. The number of nitrogens with one attached hydrogen (secondary N) is 1. The summed E-state index contributed by atoms with van der Waals surface area (Å²) in [7, 11) is 1.54. The second-order valence-corrected chi connectivity index (χ2v) is 9.58. The topological polar surface area (TPSA) is 109 Å². The van der Waals surface area contributed by atoms with E-state index in [-0.39, 0.29) is 30.7 Å². The first kappa shape index (κ1) is 24.4. The third-order valence-electron chi connectivity index (χ3n) is 6.11. The predicted octanol–water partition coefficient (Wildman–Crippen LogP) is 4.54. The quantitative estimate of drug-likeness (QED) is 0.477. The minimum Gasteiger partial charge on any atom is -0.481 e. The standard InChI is InChI=1S/C26H27N3O5S/c1-15(25(31)32)12-29(3)24(30)22-14-35-23(28-22)16(2)27-26(33)34-13-21-19-10-6-4-8-17(19)18-9-5-7-11-20(18)21/h4-11,14-16,21H,12-13H2,1-3H3,(H,27,33)(H,31,32). The Kier molecular flexibility index (Phi) is 7.16. The fraction of sp³-hybridized carbons (Fsp3) is 0.308. The average molecular weight is 494 g/mol. The predicted molar refractivity (Wildman–Crippen MR) is 132 cm³/mol. The molecule has 8 nitrogen and oxygen atoms in total. The molecule has 1 aliphatic carbocycles. The van der Waals surface area contributed by atoms with Gasteiger partial charge in [0, 0.05) is 24.9 Å². The number of carbonyl (C=O) groups excluding carboxylic acids is 2. The molecule has 0 saturated carbocycles. The largest absolute Gasteiger partial charge is 0.481 e. The van der Waals surface area contributed by atoms with Crippen LogP contribution >= 0.6 is 11.3 Å². The number of benzene rings is 2. The van der Waals surface area contributed by atoms with Crippen molar-refractivity contribution in [3.63, 3.8) is 0 Å². The summed E-state index contributed by atoms with van der Waals surface area (Å²) in [5.74, 6) is -2.05. The third kappa shape index (κ3) is 5.19. The van der Waals surface area contributed by atoms with Crippen molar-refractivity contribution in [3.8, 4) is 11.1 Å². The van der Waals surface area contributed by atoms with Gasteiger partial charge < -0.3 is 20.1 Å². The van der Waals surface area contributed by atoms with Gasteiger partial charge >= 0.3 is 12.1 Å². The Labute approximate surface area is 207 Å². The van der Waals surface area contributed by atoms with Gasteiger partial charge in [0.15, 0.2) is 0 Å². The SMILES string of the molecule is CC(CN(C)C(=O)c1csc(C(C)NC(=O)OCC2c3ccccc3-c3ccccc32)n1)C(=O)O. The highest BCUT2D eigenvalue weighted by Gasteiger charge is 2.29. The number of alkyl carbamates (subject to hydrolysis) is 1. The monoisotopic (exact) mass is 493 g/mol. The molecule has 0 bridgehead atoms. The number of carboxylic acid groups (broad SMARTS) is 1. The Morgan fingerprint density at radius 2 is 1.69 bits per heavy atom. The van der Waals surface area contributed by atoms with Crippen LogP contribution in [-0.4, -0.2) is 53.2 Å². The first-order chi connectivity index (χ1) is 16.8. The van der Waals surface area contributed by atoms with E-state index in [1.807, 2.05) is 24.3 Å². The van der Waals surface area contributed by atoms with E-state index >= 15 is 0 Å². The molecule has 2 amide bonds. The zero-order chi connectivity index (χ0) is 25.1. The normalized spacial score (nSPS) is 13.9. The number of nitrogens with zero attached hydrogens (tertiary/aromatic N) is 2. The van der Waals surface area contributed by atoms with Gasteiger partial charge in [0.2, 0.25) is 0 Å². The minimum atomic E-state index is -0.968. The minimum absolute atomic E-state index is 0.0312. The zero-order valence-electron chi connectivity index (χ0n) is 19.7. The second kappa shape index (κ2) is 10.3. The fourth-order valence-corrected chi connectivity index (χ4v) is 5.03. The van der Waals surface area contributed by atoms with Crippen LogP contribution in [0, 0.1) is 5.92 Å². The van der Waals surface area contributed by atoms with Crippen LogP contribution in [0.5, 0.6) is 0 Å². The maximum atomic E-state index is 12.6. The molecule has 4 rings (SSSR count). The van der Waals surface area contributed by atoms with E-state index in [4.69, 9.17) is 9.84 Å². The van der Waals surface area contributed by atoms with Crippen LogP contribution in [0.3, 0.4) is 0 Å². The lowest BCUT2D eigenvalue weighted by molar-refractivity contribution is -0.141. The van der Waals surface area contributed by atoms with Gasteiger partial charge in [0.1, 0.15) is 17.3 Å². The number of amides is 2. The number of carbonyl (C=O) groups is 3. The van der Waals surface area contributed by atoms with Gasteiger partial charge in [-0.3, -0.25) is 9.59 Å². The molecule has 0 aliphatic heterocycles. The van der Waals surface area contributed by atoms with Gasteiger partial charge in [-0.05, 0) is 29.2 Å². The molecule has 0 radical (unpaired) electrons. The van der Waals surface area contributed by atoms with Crippen molar-refractivity contribution in [3.05, 3.63) is 75.7 Å². The average Bonchev–Trinajstić information content (AvgIpc) is 3.46. The number of carboxylic acids is 1. The van der Waals surface area contributed by atoms with Crippen LogP contribution in [-0.2, 0) is 9.53 Å². The number of fused-ring (bicyclic) bond motifs is 3. The molecule has 1 aliphatic rings. The van der Waals surface area contributed by atoms with Crippen molar-refractivity contribution in [1.29, 1.82) is 0 Å². The van der Waals surface area contributed by atoms with Gasteiger partial charge in [-0.25, -0.2) is 9.78 Å². The summed E-state index contributed by atoms with van der Waals surface area (Å²) in [6.07, 6.45) is -0.560. The molecule has 2 unspecified atom stereocenters. The molecule has 1 heterocycles. The van der Waals surface area contributed by atoms with Crippen LogP contribution in [0.25, 0.3) is 11.1 Å². The Bertz CT molecular complexity index is 1210. The number of ether oxygens (including phenoxy) is 1. The summed E-state index contributed by atoms with van der Waals surface area (Å²) in [5, 5.41) is 14.0. The van der Waals surface area contributed by atoms with E-state index in [0.29, 0.717) is 5.01 Å². The van der Waals surface area contributed by atoms with Crippen molar-refractivity contribution in [1.82, 2.24) is 15.2 Å². The summed E-state index contributed by atoms with van der Waals surface area (Å²) < 4.78 is 5.59. The number of rotatable bonds is 8. The lowest BCUT2D eigenvalue weighted by Crippen LogP contribution is -2.34. The van der Waals surface area contributed by atoms with Crippen LogP contribution in [0.2, 0.25) is 0 Å². The molecule has 35 heavy (non-hydrogen) atoms. The number of aromatic nitrogens is 1. The molecule has 0 saturated heterocycles. The molecule has 0 fully saturated rings. The van der Waals surface area contributed by atoms with Crippen LogP contribution in [0.15, 0.2) is 53.9 Å². The van der Waals surface area contributed by atoms with Crippen molar-refractivity contribution in [2.75, 3.05) is 20.2 Å². The van der Waals surface area contributed by atoms with Crippen LogP contribution < -0.4 is 5.32 Å². The van der Waals surface area contributed by atoms with Crippen molar-refractivity contribution < 1.29 is 24.2 Å². The van der Waals surface area contributed by atoms with E-state index in [1.165, 1.54) is 16.2 Å². The first-order valence-corrected chi connectivity index (χ1v) is 12.2. The molecule has 3 aromatic rings. The summed E-state index contributed by atoms with van der Waals surface area (Å²) in [5.41, 5.74) is 4.81. The molecule has 2 atom stereocenters. The van der Waals surface area contributed by atoms with Crippen molar-refractivity contribution in [2.24, 2.45) is 5.92 Å². The van der Waals surface area contributed by atoms with E-state index in [1.54, 1.807) is 26.3 Å². The summed E-state index contributed by atoms with van der Waals surface area (Å²) in [6.45, 7) is 3.60. The molecular formula is C26H27N3O5S. The number of thiazole rings is 1. The Morgan fingerprint density at radius 1 is 1.09 bits per heavy atom. The van der Waals surface area contributed by atoms with E-state index in [0.717, 1.165) is 22.3 Å². The maximum Gasteiger partial charge on any atom is 0.407 e. The first-order valence-electron chi connectivity index (χ1n) is 11.3. The molecule has 1 aromatic heterocycles. The molecule has 9 heteroatoms. The smallest absolute Gasteiger partial charge is 0.407 e. The highest BCUT2D eigenvalue weighted by Crippen LogP contribution is 2.44. The van der Waals surface area contributed by atoms with Crippen molar-refractivity contribution >= 4 is 29.3 Å². The summed E-state index contributed by atoms with van der Waals surface area (Å²) in [4.78, 5) is 41.9. The molecule has 2 N–H and O–H groups in total. The zero-order valence-corrected chi connectivity index (χ0v) is 20.5. The Hall–Kier alpha value is -3.72. The number of hydrogen-bond acceptors (Lipinski definition) is 6. The molecule has 2 aromatic carbocycles. The Balaban J connectivity index is 1.35. The van der Waals surface area contributed by atoms with Gasteiger partial charge in [-0.1, -0.05) is 55.5 Å². The van der Waals surface area contributed by atoms with E-state index < -0.39 is 24.0 Å². The second-order valence-electron chi connectivity index (χ2n) is 8.69. The van der Waals surface area contributed by atoms with Gasteiger partial charge in [-0.2, -0.15) is 0 Å². The third-order valence-corrected chi connectivity index (χ3v) is 7.13. The molecule has 182 valence electrons. The number of hydrogen-bond donors (Lipinski definition) is 2. The van der Waals surface area contributed by atoms with Gasteiger partial charge in [0.25, 0.3) is 5.91 Å². The molecular weight excluding hydrogens is 466 g/mol. The van der Waals surface area contributed by atoms with Crippen LogP contribution in [0.1, 0.15) is 52.4 Å². The van der Waals surface area contributed by atoms with E-state index in [2.05, 4.69) is 34.6 Å². The highest BCUT2D eigenvalue weighted by molar-refractivity contribution is 7.09. The van der Waals surface area contributed by atoms with Crippen LogP contribution in [0.4, 0.5) is 4.79 Å². The van der Waals surface area contributed by atoms with Gasteiger partial charge in [-0.15, -0.1) is 11.3 Å². The lowest BCUT2D eigenvalue weighted by atomic mass is 9.98. The van der Waals surface area contributed by atoms with E-state index in [9.17, 15) is 14.4 Å². The maximum absolute atomic E-state index is 12.6. The summed E-state index contributed by atoms with van der Waals surface area (Å²) >= 11 is 1.25. The highest BCUT2D eigenvalue weighted by atomic mass is 32.1. The summed E-state index contributed by atoms with van der Waals surface area (Å²) in [6, 6.07) is 15.8.